The summed E-state index contributed by atoms with van der Waals surface area (Å²) < 4.78 is 0. The van der Waals surface area contributed by atoms with Crippen LogP contribution in [0.15, 0.2) is 29.8 Å². The molecule has 6 heteroatoms. The van der Waals surface area contributed by atoms with Crippen LogP contribution in [0.2, 0.25) is 0 Å². The van der Waals surface area contributed by atoms with E-state index in [4.69, 9.17) is 5.11 Å². The average Bonchev–Trinajstić information content (AvgIpc) is 2.91. The Kier molecular flexibility index (Phi) is 5.71. The molecule has 0 aliphatic rings. The van der Waals surface area contributed by atoms with Gasteiger partial charge in [-0.3, -0.25) is 0 Å². The van der Waals surface area contributed by atoms with Gasteiger partial charge in [0.1, 0.15) is 0 Å². The lowest BCUT2D eigenvalue weighted by molar-refractivity contribution is 0.240. The van der Waals surface area contributed by atoms with Gasteiger partial charge in [0.15, 0.2) is 0 Å². The lowest BCUT2D eigenvalue weighted by atomic mass is 10.1. The number of amides is 2. The summed E-state index contributed by atoms with van der Waals surface area (Å²) in [6, 6.07) is 7.54. The Balaban J connectivity index is 1.68. The number of urea groups is 1. The van der Waals surface area contributed by atoms with Crippen molar-refractivity contribution in [1.29, 1.82) is 0 Å². The maximum atomic E-state index is 11.7. The lowest BCUT2D eigenvalue weighted by Crippen LogP contribution is -2.36. The van der Waals surface area contributed by atoms with Gasteiger partial charge >= 0.3 is 6.03 Å². The third-order valence-corrected chi connectivity index (χ3v) is 4.09. The zero-order chi connectivity index (χ0) is 15.1. The van der Waals surface area contributed by atoms with E-state index in [2.05, 4.69) is 15.6 Å². The molecule has 0 aliphatic heterocycles. The number of aromatic nitrogens is 1. The van der Waals surface area contributed by atoms with Crippen molar-refractivity contribution in [1.82, 2.24) is 15.6 Å². The van der Waals surface area contributed by atoms with Gasteiger partial charge in [-0.2, -0.15) is 0 Å². The molecular formula is C15H19N3O2S. The van der Waals surface area contributed by atoms with Crippen molar-refractivity contribution in [2.75, 3.05) is 6.54 Å². The smallest absolute Gasteiger partial charge is 0.315 e. The number of aryl methyl sites for hydroxylation is 1. The molecule has 0 bridgehead atoms. The molecule has 1 aromatic carbocycles. The van der Waals surface area contributed by atoms with E-state index in [0.29, 0.717) is 13.1 Å². The van der Waals surface area contributed by atoms with Crippen molar-refractivity contribution in [3.8, 4) is 0 Å². The first-order valence-corrected chi connectivity index (χ1v) is 7.66. The van der Waals surface area contributed by atoms with Crippen molar-refractivity contribution in [2.45, 2.75) is 26.5 Å². The van der Waals surface area contributed by atoms with Gasteiger partial charge in [0.2, 0.25) is 0 Å². The summed E-state index contributed by atoms with van der Waals surface area (Å²) in [5.74, 6) is 0. The van der Waals surface area contributed by atoms with Gasteiger partial charge in [-0.15, -0.1) is 11.3 Å². The minimum atomic E-state index is -0.172. The Hall–Kier alpha value is -1.92. The Labute approximate surface area is 128 Å². The molecule has 1 aromatic heterocycles. The Morgan fingerprint density at radius 2 is 1.95 bits per heavy atom. The van der Waals surface area contributed by atoms with Crippen LogP contribution >= 0.6 is 11.3 Å². The molecule has 1 heterocycles. The van der Waals surface area contributed by atoms with Crippen LogP contribution in [0.5, 0.6) is 0 Å². The Bertz CT molecular complexity index is 581. The second-order valence-corrected chi connectivity index (χ2v) is 5.63. The van der Waals surface area contributed by atoms with Crippen LogP contribution in [-0.4, -0.2) is 22.7 Å². The molecule has 0 atom stereocenters. The first kappa shape index (κ1) is 15.5. The van der Waals surface area contributed by atoms with Crippen LogP contribution in [0.4, 0.5) is 4.79 Å². The molecule has 3 N–H and O–H groups in total. The number of aliphatic hydroxyl groups is 1. The molecule has 0 saturated heterocycles. The van der Waals surface area contributed by atoms with Crippen LogP contribution in [0, 0.1) is 6.92 Å². The molecular weight excluding hydrogens is 286 g/mol. The minimum Gasteiger partial charge on any atom is -0.392 e. The number of thiazole rings is 1. The molecule has 0 saturated carbocycles. The zero-order valence-electron chi connectivity index (χ0n) is 11.9. The molecule has 21 heavy (non-hydrogen) atoms. The van der Waals surface area contributed by atoms with E-state index >= 15 is 0 Å². The van der Waals surface area contributed by atoms with Crippen LogP contribution in [0.25, 0.3) is 0 Å². The van der Waals surface area contributed by atoms with Crippen LogP contribution in [0.1, 0.15) is 21.7 Å². The number of aliphatic hydroxyl groups excluding tert-OH is 1. The predicted octanol–water partition coefficient (Wildman–Crippen LogP) is 1.99. The number of carbonyl (C=O) groups is 1. The van der Waals surface area contributed by atoms with Gasteiger partial charge in [-0.05, 0) is 24.5 Å². The molecule has 0 unspecified atom stereocenters. The molecule has 0 aliphatic carbocycles. The monoisotopic (exact) mass is 305 g/mol. The number of benzene rings is 1. The van der Waals surface area contributed by atoms with Crippen LogP contribution in [0.3, 0.4) is 0 Å². The van der Waals surface area contributed by atoms with Gasteiger partial charge in [0, 0.05) is 11.4 Å². The average molecular weight is 305 g/mol. The topological polar surface area (TPSA) is 74.2 Å². The second kappa shape index (κ2) is 7.75. The fourth-order valence-electron chi connectivity index (χ4n) is 1.85. The van der Waals surface area contributed by atoms with Gasteiger partial charge in [0.05, 0.1) is 24.4 Å². The lowest BCUT2D eigenvalue weighted by Gasteiger charge is -2.07. The fraction of sp³-hybridized carbons (Fsp3) is 0.333. The molecule has 2 amide bonds. The summed E-state index contributed by atoms with van der Waals surface area (Å²) in [7, 11) is 0. The normalized spacial score (nSPS) is 10.4. The number of hydrogen-bond acceptors (Lipinski definition) is 4. The maximum absolute atomic E-state index is 11.7. The quantitative estimate of drug-likeness (QED) is 0.764. The van der Waals surface area contributed by atoms with Gasteiger partial charge < -0.3 is 15.7 Å². The molecule has 2 aromatic rings. The largest absolute Gasteiger partial charge is 0.392 e. The highest BCUT2D eigenvalue weighted by atomic mass is 32.1. The molecule has 2 rings (SSSR count). The summed E-state index contributed by atoms with van der Waals surface area (Å²) in [4.78, 5) is 16.9. The van der Waals surface area contributed by atoms with Gasteiger partial charge in [-0.25, -0.2) is 9.78 Å². The van der Waals surface area contributed by atoms with Crippen molar-refractivity contribution in [3.05, 3.63) is 51.5 Å². The molecule has 0 radical (unpaired) electrons. The minimum absolute atomic E-state index is 0.0535. The number of rotatable bonds is 6. The molecule has 0 fully saturated rings. The summed E-state index contributed by atoms with van der Waals surface area (Å²) in [5, 5.41) is 14.6. The summed E-state index contributed by atoms with van der Waals surface area (Å²) >= 11 is 1.54. The Morgan fingerprint density at radius 1 is 1.24 bits per heavy atom. The van der Waals surface area contributed by atoms with E-state index in [1.54, 1.807) is 16.8 Å². The first-order valence-electron chi connectivity index (χ1n) is 6.78. The van der Waals surface area contributed by atoms with E-state index in [9.17, 15) is 4.79 Å². The maximum Gasteiger partial charge on any atom is 0.315 e. The number of nitrogens with zero attached hydrogens (tertiary/aromatic N) is 1. The third kappa shape index (κ3) is 4.84. The van der Waals surface area contributed by atoms with E-state index < -0.39 is 0 Å². The summed E-state index contributed by atoms with van der Waals surface area (Å²) in [5.41, 5.74) is 4.76. The highest BCUT2D eigenvalue weighted by molar-refractivity contribution is 7.09. The number of hydrogen-bond donors (Lipinski definition) is 3. The molecule has 5 nitrogen and oxygen atoms in total. The van der Waals surface area contributed by atoms with E-state index in [-0.39, 0.29) is 12.6 Å². The van der Waals surface area contributed by atoms with E-state index in [1.165, 1.54) is 0 Å². The predicted molar refractivity (Wildman–Crippen MR) is 83.2 cm³/mol. The highest BCUT2D eigenvalue weighted by Gasteiger charge is 2.04. The Morgan fingerprint density at radius 3 is 2.57 bits per heavy atom. The van der Waals surface area contributed by atoms with Gasteiger partial charge in [0.25, 0.3) is 0 Å². The van der Waals surface area contributed by atoms with Crippen LogP contribution in [-0.2, 0) is 19.6 Å². The van der Waals surface area contributed by atoms with E-state index in [1.807, 2.05) is 31.2 Å². The van der Waals surface area contributed by atoms with Crippen molar-refractivity contribution >= 4 is 17.4 Å². The first-order chi connectivity index (χ1) is 10.2. The number of nitrogens with one attached hydrogen (secondary N) is 2. The fourth-order valence-corrected chi connectivity index (χ4v) is 2.57. The van der Waals surface area contributed by atoms with Crippen molar-refractivity contribution in [2.24, 2.45) is 0 Å². The summed E-state index contributed by atoms with van der Waals surface area (Å²) in [6.07, 6.45) is 0.763. The highest BCUT2D eigenvalue weighted by Crippen LogP contribution is 2.11. The van der Waals surface area contributed by atoms with Crippen molar-refractivity contribution in [3.63, 3.8) is 0 Å². The molecule has 112 valence electrons. The SMILES string of the molecule is Cc1ncsc1CNC(=O)NCCc1ccc(CO)cc1. The van der Waals surface area contributed by atoms with E-state index in [0.717, 1.165) is 28.1 Å². The summed E-state index contributed by atoms with van der Waals surface area (Å²) in [6.45, 7) is 3.07. The molecule has 0 spiro atoms. The van der Waals surface area contributed by atoms with Crippen LogP contribution < -0.4 is 10.6 Å². The number of carbonyl (C=O) groups excluding carboxylic acids is 1. The standard InChI is InChI=1S/C15H19N3O2S/c1-11-14(21-10-18-11)8-17-15(20)16-7-6-12-2-4-13(9-19)5-3-12/h2-5,10,19H,6-9H2,1H3,(H2,16,17,20). The second-order valence-electron chi connectivity index (χ2n) is 4.70. The van der Waals surface area contributed by atoms with Crippen molar-refractivity contribution < 1.29 is 9.90 Å². The zero-order valence-corrected chi connectivity index (χ0v) is 12.7. The third-order valence-electron chi connectivity index (χ3n) is 3.16. The van der Waals surface area contributed by atoms with Gasteiger partial charge in [-0.1, -0.05) is 24.3 Å².